The van der Waals surface area contributed by atoms with Crippen LogP contribution in [0.3, 0.4) is 0 Å². The van der Waals surface area contributed by atoms with Crippen LogP contribution in [0.2, 0.25) is 0 Å². The van der Waals surface area contributed by atoms with Crippen LogP contribution in [0.5, 0.6) is 0 Å². The smallest absolute Gasteiger partial charge is 0.251 e. The number of imidazole rings is 1. The molecular formula is C14H19N3O2. The molecule has 3 N–H and O–H groups in total. The van der Waals surface area contributed by atoms with Gasteiger partial charge < -0.3 is 15.4 Å². The zero-order valence-electron chi connectivity index (χ0n) is 11.6. The first-order valence-electron chi connectivity index (χ1n) is 6.19. The highest BCUT2D eigenvalue weighted by atomic mass is 16.3. The molecule has 0 atom stereocenters. The lowest BCUT2D eigenvalue weighted by molar-refractivity contribution is -0.00292. The summed E-state index contributed by atoms with van der Waals surface area (Å²) in [6.07, 6.45) is 1.59. The monoisotopic (exact) mass is 261 g/mol. The van der Waals surface area contributed by atoms with Crippen molar-refractivity contribution in [1.82, 2.24) is 15.3 Å². The molecule has 102 valence electrons. The molecule has 2 rings (SSSR count). The molecule has 0 spiro atoms. The average molecular weight is 261 g/mol. The normalized spacial score (nSPS) is 12.7. The second-order valence-corrected chi connectivity index (χ2v) is 5.77. The van der Waals surface area contributed by atoms with Gasteiger partial charge in [-0.25, -0.2) is 4.98 Å². The summed E-state index contributed by atoms with van der Waals surface area (Å²) in [5, 5.41) is 12.9. The summed E-state index contributed by atoms with van der Waals surface area (Å²) < 4.78 is 0. The lowest BCUT2D eigenvalue weighted by Crippen LogP contribution is -2.57. The molecule has 0 aliphatic rings. The molecule has 0 unspecified atom stereocenters. The third-order valence-electron chi connectivity index (χ3n) is 3.64. The minimum absolute atomic E-state index is 0.219. The van der Waals surface area contributed by atoms with E-state index in [0.29, 0.717) is 5.56 Å². The number of carbonyl (C=O) groups is 1. The summed E-state index contributed by atoms with van der Waals surface area (Å²) >= 11 is 0. The summed E-state index contributed by atoms with van der Waals surface area (Å²) in [6, 6.07) is 5.26. The van der Waals surface area contributed by atoms with Crippen LogP contribution in [0.4, 0.5) is 0 Å². The number of aliphatic hydroxyl groups is 1. The number of amides is 1. The summed E-state index contributed by atoms with van der Waals surface area (Å²) in [5.74, 6) is -0.219. The van der Waals surface area contributed by atoms with E-state index in [2.05, 4.69) is 15.3 Å². The van der Waals surface area contributed by atoms with E-state index in [1.54, 1.807) is 52.2 Å². The minimum atomic E-state index is -1.01. The van der Waals surface area contributed by atoms with Gasteiger partial charge in [0.05, 0.1) is 28.5 Å². The predicted molar refractivity (Wildman–Crippen MR) is 73.9 cm³/mol. The molecular weight excluding hydrogens is 242 g/mol. The number of rotatable bonds is 3. The largest absolute Gasteiger partial charge is 0.388 e. The second kappa shape index (κ2) is 4.35. The van der Waals surface area contributed by atoms with Crippen LogP contribution < -0.4 is 5.32 Å². The zero-order valence-corrected chi connectivity index (χ0v) is 11.6. The number of aromatic amines is 1. The fourth-order valence-electron chi connectivity index (χ4n) is 1.59. The van der Waals surface area contributed by atoms with Gasteiger partial charge in [-0.15, -0.1) is 0 Å². The van der Waals surface area contributed by atoms with E-state index in [1.807, 2.05) is 0 Å². The van der Waals surface area contributed by atoms with E-state index >= 15 is 0 Å². The number of fused-ring (bicyclic) bond motifs is 1. The van der Waals surface area contributed by atoms with Crippen molar-refractivity contribution in [2.75, 3.05) is 0 Å². The van der Waals surface area contributed by atoms with Crippen molar-refractivity contribution in [1.29, 1.82) is 0 Å². The Morgan fingerprint density at radius 1 is 1.32 bits per heavy atom. The minimum Gasteiger partial charge on any atom is -0.388 e. The predicted octanol–water partition coefficient (Wildman–Crippen LogP) is 1.84. The van der Waals surface area contributed by atoms with Gasteiger partial charge in [0.25, 0.3) is 5.91 Å². The average Bonchev–Trinajstić information content (AvgIpc) is 2.73. The van der Waals surface area contributed by atoms with Crippen LogP contribution in [0, 0.1) is 0 Å². The van der Waals surface area contributed by atoms with Gasteiger partial charge >= 0.3 is 0 Å². The zero-order chi connectivity index (χ0) is 14.3. The summed E-state index contributed by atoms with van der Waals surface area (Å²) in [6.45, 7) is 6.93. The van der Waals surface area contributed by atoms with Crippen LogP contribution in [0.25, 0.3) is 11.0 Å². The van der Waals surface area contributed by atoms with Gasteiger partial charge in [-0.3, -0.25) is 4.79 Å². The molecule has 0 fully saturated rings. The Kier molecular flexibility index (Phi) is 3.10. The lowest BCUT2D eigenvalue weighted by atomic mass is 9.85. The van der Waals surface area contributed by atoms with Crippen molar-refractivity contribution < 1.29 is 9.90 Å². The van der Waals surface area contributed by atoms with E-state index in [1.165, 1.54) is 0 Å². The van der Waals surface area contributed by atoms with Gasteiger partial charge in [-0.2, -0.15) is 0 Å². The molecule has 2 aromatic rings. The van der Waals surface area contributed by atoms with Gasteiger partial charge in [0.2, 0.25) is 0 Å². The molecule has 5 heteroatoms. The third-order valence-corrected chi connectivity index (χ3v) is 3.64. The summed E-state index contributed by atoms with van der Waals surface area (Å²) in [7, 11) is 0. The molecule has 19 heavy (non-hydrogen) atoms. The van der Waals surface area contributed by atoms with E-state index in [0.717, 1.165) is 11.0 Å². The first-order chi connectivity index (χ1) is 8.71. The Balaban J connectivity index is 2.24. The molecule has 0 bridgehead atoms. The van der Waals surface area contributed by atoms with E-state index in [4.69, 9.17) is 0 Å². The number of nitrogens with zero attached hydrogens (tertiary/aromatic N) is 1. The molecule has 1 amide bonds. The topological polar surface area (TPSA) is 78.0 Å². The van der Waals surface area contributed by atoms with Crippen LogP contribution in [-0.2, 0) is 0 Å². The fraction of sp³-hybridized carbons (Fsp3) is 0.429. The van der Waals surface area contributed by atoms with Gasteiger partial charge in [0, 0.05) is 5.56 Å². The van der Waals surface area contributed by atoms with Crippen molar-refractivity contribution in [3.63, 3.8) is 0 Å². The number of aromatic nitrogens is 2. The quantitative estimate of drug-likeness (QED) is 0.789. The number of H-pyrrole nitrogens is 1. The van der Waals surface area contributed by atoms with Crippen LogP contribution >= 0.6 is 0 Å². The summed E-state index contributed by atoms with van der Waals surface area (Å²) in [4.78, 5) is 19.3. The Labute approximate surface area is 112 Å². The standard InChI is InChI=1S/C14H19N3O2/c1-13(2,14(3,4)19)17-12(18)9-5-6-10-11(7-9)16-8-15-10/h5-8,19H,1-4H3,(H,15,16)(H,17,18). The molecule has 1 heterocycles. The molecule has 0 aliphatic heterocycles. The maximum Gasteiger partial charge on any atom is 0.251 e. The van der Waals surface area contributed by atoms with Crippen molar-refractivity contribution >= 4 is 16.9 Å². The van der Waals surface area contributed by atoms with E-state index < -0.39 is 11.1 Å². The van der Waals surface area contributed by atoms with E-state index in [9.17, 15) is 9.90 Å². The van der Waals surface area contributed by atoms with Crippen LogP contribution in [0.1, 0.15) is 38.1 Å². The highest BCUT2D eigenvalue weighted by Gasteiger charge is 2.36. The molecule has 5 nitrogen and oxygen atoms in total. The highest BCUT2D eigenvalue weighted by molar-refractivity contribution is 5.97. The number of hydrogen-bond donors (Lipinski definition) is 3. The van der Waals surface area contributed by atoms with Gasteiger partial charge in [0.1, 0.15) is 0 Å². The number of benzene rings is 1. The summed E-state index contributed by atoms with van der Waals surface area (Å²) in [5.41, 5.74) is 0.425. The highest BCUT2D eigenvalue weighted by Crippen LogP contribution is 2.21. The Bertz CT molecular complexity index is 608. The maximum absolute atomic E-state index is 12.2. The number of hydrogen-bond acceptors (Lipinski definition) is 3. The van der Waals surface area contributed by atoms with Gasteiger partial charge in [-0.1, -0.05) is 0 Å². The molecule has 1 aromatic carbocycles. The Morgan fingerprint density at radius 2 is 2.00 bits per heavy atom. The second-order valence-electron chi connectivity index (χ2n) is 5.77. The maximum atomic E-state index is 12.2. The van der Waals surface area contributed by atoms with Gasteiger partial charge in [0.15, 0.2) is 0 Å². The SMILES string of the molecule is CC(C)(O)C(C)(C)NC(=O)c1ccc2nc[nH]c2c1. The third kappa shape index (κ3) is 2.61. The van der Waals surface area contributed by atoms with Gasteiger partial charge in [-0.05, 0) is 45.9 Å². The first-order valence-corrected chi connectivity index (χ1v) is 6.19. The Hall–Kier alpha value is -1.88. The van der Waals surface area contributed by atoms with E-state index in [-0.39, 0.29) is 5.91 Å². The molecule has 0 aliphatic carbocycles. The molecule has 1 aromatic heterocycles. The number of nitrogens with one attached hydrogen (secondary N) is 2. The molecule has 0 saturated carbocycles. The van der Waals surface area contributed by atoms with Crippen molar-refractivity contribution in [2.24, 2.45) is 0 Å². The van der Waals surface area contributed by atoms with Crippen LogP contribution in [-0.4, -0.2) is 32.1 Å². The lowest BCUT2D eigenvalue weighted by Gasteiger charge is -2.38. The first kappa shape index (κ1) is 13.5. The number of carbonyl (C=O) groups excluding carboxylic acids is 1. The van der Waals surface area contributed by atoms with Crippen molar-refractivity contribution in [3.05, 3.63) is 30.1 Å². The van der Waals surface area contributed by atoms with Crippen molar-refractivity contribution in [3.8, 4) is 0 Å². The van der Waals surface area contributed by atoms with Crippen LogP contribution in [0.15, 0.2) is 24.5 Å². The Morgan fingerprint density at radius 3 is 2.63 bits per heavy atom. The molecule has 0 radical (unpaired) electrons. The van der Waals surface area contributed by atoms with Crippen molar-refractivity contribution in [2.45, 2.75) is 38.8 Å². The fourth-order valence-corrected chi connectivity index (χ4v) is 1.59. The molecule has 0 saturated heterocycles.